The van der Waals surface area contributed by atoms with Gasteiger partial charge in [-0.2, -0.15) is 0 Å². The van der Waals surface area contributed by atoms with Gasteiger partial charge in [0.05, 0.1) is 12.6 Å². The Balaban J connectivity index is 2.39. The van der Waals surface area contributed by atoms with E-state index in [1.54, 1.807) is 0 Å². The van der Waals surface area contributed by atoms with Crippen molar-refractivity contribution in [1.82, 2.24) is 10.6 Å². The second-order valence-electron chi connectivity index (χ2n) is 6.11. The summed E-state index contributed by atoms with van der Waals surface area (Å²) in [5.41, 5.74) is 1.38. The second kappa shape index (κ2) is 7.88. The van der Waals surface area contributed by atoms with Crippen molar-refractivity contribution >= 4 is 6.03 Å². The molecule has 0 aliphatic carbocycles. The van der Waals surface area contributed by atoms with Crippen molar-refractivity contribution in [2.45, 2.75) is 39.2 Å². The quantitative estimate of drug-likeness (QED) is 0.752. The number of hydrogen-bond donors (Lipinski definition) is 3. The molecule has 1 unspecified atom stereocenters. The molecule has 0 aliphatic heterocycles. The molecule has 3 N–H and O–H groups in total. The highest BCUT2D eigenvalue weighted by atomic mass is 16.5. The van der Waals surface area contributed by atoms with Gasteiger partial charge in [0.15, 0.2) is 0 Å². The summed E-state index contributed by atoms with van der Waals surface area (Å²) in [5, 5.41) is 13.9. The first-order valence-electron chi connectivity index (χ1n) is 7.21. The van der Waals surface area contributed by atoms with Gasteiger partial charge in [-0.3, -0.25) is 0 Å². The molecule has 0 saturated heterocycles. The number of amides is 2. The second-order valence-corrected chi connectivity index (χ2v) is 6.11. The van der Waals surface area contributed by atoms with Crippen molar-refractivity contribution in [2.75, 3.05) is 19.8 Å². The van der Waals surface area contributed by atoms with Crippen molar-refractivity contribution in [2.24, 2.45) is 0 Å². The van der Waals surface area contributed by atoms with E-state index in [-0.39, 0.29) is 30.6 Å². The summed E-state index contributed by atoms with van der Waals surface area (Å²) in [6.07, 6.45) is 0. The molecule has 1 aromatic rings. The molecule has 0 fully saturated rings. The van der Waals surface area contributed by atoms with Crippen molar-refractivity contribution in [3.05, 3.63) is 29.8 Å². The molecule has 0 saturated carbocycles. The minimum Gasteiger partial charge on any atom is -0.491 e. The molecule has 1 atom stereocenters. The zero-order chi connectivity index (χ0) is 15.9. The monoisotopic (exact) mass is 294 g/mol. The van der Waals surface area contributed by atoms with E-state index in [0.717, 1.165) is 5.75 Å². The highest BCUT2D eigenvalue weighted by Crippen LogP contribution is 2.24. The number of urea groups is 1. The molecule has 118 valence electrons. The smallest absolute Gasteiger partial charge is 0.315 e. The number of ether oxygens (including phenoxy) is 1. The lowest BCUT2D eigenvalue weighted by Crippen LogP contribution is -2.44. The zero-order valence-electron chi connectivity index (χ0n) is 13.3. The van der Waals surface area contributed by atoms with Crippen molar-refractivity contribution in [3.63, 3.8) is 0 Å². The van der Waals surface area contributed by atoms with Crippen LogP contribution in [0.5, 0.6) is 5.75 Å². The van der Waals surface area contributed by atoms with Crippen molar-refractivity contribution in [3.8, 4) is 5.75 Å². The third-order valence-corrected chi connectivity index (χ3v) is 3.00. The van der Waals surface area contributed by atoms with Gasteiger partial charge in [0, 0.05) is 6.54 Å². The Morgan fingerprint density at radius 2 is 1.90 bits per heavy atom. The fraction of sp³-hybridized carbons (Fsp3) is 0.562. The fourth-order valence-electron chi connectivity index (χ4n) is 1.76. The fourth-order valence-corrected chi connectivity index (χ4v) is 1.76. The molecule has 2 amide bonds. The van der Waals surface area contributed by atoms with Gasteiger partial charge in [0.2, 0.25) is 0 Å². The molecule has 0 heterocycles. The van der Waals surface area contributed by atoms with Crippen LogP contribution in [0.1, 0.15) is 33.3 Å². The number of carbonyl (C=O) groups excluding carboxylic acids is 1. The van der Waals surface area contributed by atoms with Crippen LogP contribution in [0.3, 0.4) is 0 Å². The molecule has 1 rings (SSSR count). The summed E-state index contributed by atoms with van der Waals surface area (Å²) in [7, 11) is 0. The third kappa shape index (κ3) is 6.49. The van der Waals surface area contributed by atoms with Crippen LogP contribution >= 0.6 is 0 Å². The summed E-state index contributed by atoms with van der Waals surface area (Å²) in [5.74, 6) is 0.785. The lowest BCUT2D eigenvalue weighted by molar-refractivity contribution is 0.221. The molecule has 5 heteroatoms. The van der Waals surface area contributed by atoms with E-state index in [4.69, 9.17) is 9.84 Å². The molecule has 0 spiro atoms. The number of rotatable bonds is 6. The number of hydrogen-bond acceptors (Lipinski definition) is 3. The Bertz CT molecular complexity index is 438. The van der Waals surface area contributed by atoms with Gasteiger partial charge in [-0.1, -0.05) is 32.9 Å². The minimum absolute atomic E-state index is 0.0710. The summed E-state index contributed by atoms with van der Waals surface area (Å²) >= 11 is 0. The molecule has 5 nitrogen and oxygen atoms in total. The topological polar surface area (TPSA) is 70.6 Å². The Morgan fingerprint density at radius 3 is 2.43 bits per heavy atom. The molecule has 1 aromatic carbocycles. The standard InChI is InChI=1S/C16H26N2O3/c1-12(18-15(20)17-9-10-19)11-21-14-7-5-13(6-8-14)16(2,3)4/h5-8,12,19H,9-11H2,1-4H3,(H2,17,18,20). The van der Waals surface area contributed by atoms with E-state index in [1.165, 1.54) is 5.56 Å². The number of aliphatic hydroxyl groups is 1. The summed E-state index contributed by atoms with van der Waals surface area (Å²) in [6, 6.07) is 7.58. The first-order valence-corrected chi connectivity index (χ1v) is 7.21. The maximum atomic E-state index is 11.4. The molecule has 0 bridgehead atoms. The van der Waals surface area contributed by atoms with Gasteiger partial charge >= 0.3 is 6.03 Å². The van der Waals surface area contributed by atoms with Crippen LogP contribution in [-0.2, 0) is 5.41 Å². The van der Waals surface area contributed by atoms with E-state index in [9.17, 15) is 4.79 Å². The average molecular weight is 294 g/mol. The maximum absolute atomic E-state index is 11.4. The van der Waals surface area contributed by atoms with E-state index in [0.29, 0.717) is 6.61 Å². The van der Waals surface area contributed by atoms with Gasteiger partial charge in [0.25, 0.3) is 0 Å². The minimum atomic E-state index is -0.303. The van der Waals surface area contributed by atoms with E-state index < -0.39 is 0 Å². The molecule has 0 aromatic heterocycles. The van der Waals surface area contributed by atoms with Crippen LogP contribution in [0.2, 0.25) is 0 Å². The van der Waals surface area contributed by atoms with E-state index in [1.807, 2.05) is 19.1 Å². The average Bonchev–Trinajstić information content (AvgIpc) is 2.42. The number of benzene rings is 1. The van der Waals surface area contributed by atoms with Crippen LogP contribution in [0.15, 0.2) is 24.3 Å². The van der Waals surface area contributed by atoms with Crippen LogP contribution in [0, 0.1) is 0 Å². The van der Waals surface area contributed by atoms with E-state index in [2.05, 4.69) is 43.5 Å². The predicted molar refractivity (Wildman–Crippen MR) is 83.7 cm³/mol. The van der Waals surface area contributed by atoms with Crippen molar-refractivity contribution < 1.29 is 14.6 Å². The SMILES string of the molecule is CC(COc1ccc(C(C)(C)C)cc1)NC(=O)NCCO. The molecular weight excluding hydrogens is 268 g/mol. The van der Waals surface area contributed by atoms with Crippen LogP contribution in [-0.4, -0.2) is 36.9 Å². The van der Waals surface area contributed by atoms with Crippen LogP contribution in [0.25, 0.3) is 0 Å². The number of carbonyl (C=O) groups is 1. The Morgan fingerprint density at radius 1 is 1.29 bits per heavy atom. The van der Waals surface area contributed by atoms with Gasteiger partial charge in [-0.15, -0.1) is 0 Å². The lowest BCUT2D eigenvalue weighted by atomic mass is 9.87. The summed E-state index contributed by atoms with van der Waals surface area (Å²) in [4.78, 5) is 11.4. The Labute approximate surface area is 126 Å². The largest absolute Gasteiger partial charge is 0.491 e. The third-order valence-electron chi connectivity index (χ3n) is 3.00. The van der Waals surface area contributed by atoms with Gasteiger partial charge in [-0.25, -0.2) is 4.79 Å². The molecule has 0 aliphatic rings. The number of nitrogens with one attached hydrogen (secondary N) is 2. The van der Waals surface area contributed by atoms with Crippen LogP contribution in [0.4, 0.5) is 4.79 Å². The number of aliphatic hydroxyl groups excluding tert-OH is 1. The zero-order valence-corrected chi connectivity index (χ0v) is 13.3. The summed E-state index contributed by atoms with van der Waals surface area (Å²) < 4.78 is 5.65. The first-order chi connectivity index (χ1) is 9.82. The molecule has 0 radical (unpaired) electrons. The summed E-state index contributed by atoms with van der Waals surface area (Å²) in [6.45, 7) is 8.93. The molecule has 21 heavy (non-hydrogen) atoms. The van der Waals surface area contributed by atoms with Gasteiger partial charge in [-0.05, 0) is 30.0 Å². The van der Waals surface area contributed by atoms with Gasteiger partial charge < -0.3 is 20.5 Å². The van der Waals surface area contributed by atoms with Gasteiger partial charge in [0.1, 0.15) is 12.4 Å². The van der Waals surface area contributed by atoms with E-state index >= 15 is 0 Å². The van der Waals surface area contributed by atoms with Crippen molar-refractivity contribution in [1.29, 1.82) is 0 Å². The highest BCUT2D eigenvalue weighted by molar-refractivity contribution is 5.74. The Hall–Kier alpha value is -1.75. The lowest BCUT2D eigenvalue weighted by Gasteiger charge is -2.20. The predicted octanol–water partition coefficient (Wildman–Crippen LogP) is 2.04. The first kappa shape index (κ1) is 17.3. The normalized spacial score (nSPS) is 12.6. The highest BCUT2D eigenvalue weighted by Gasteiger charge is 2.13. The van der Waals surface area contributed by atoms with Crippen LogP contribution < -0.4 is 15.4 Å². The molecular formula is C16H26N2O3. The maximum Gasteiger partial charge on any atom is 0.315 e. The Kier molecular flexibility index (Phi) is 6.49.